The standard InChI is InChI=1S/C24H22ClN3O5S/c25-20-12-19(14-28-24(20)32-15-16-6-9-31-10-7-16)34(29,30)22-4-2-1-3-21(22)33-18-11-17-5-8-26-23(17)27-13-18/h1-5,8,11-14,16H,6-7,9-10,15H2,(H,26,27). The molecule has 0 atom stereocenters. The van der Waals surface area contributed by atoms with E-state index in [2.05, 4.69) is 15.0 Å². The molecule has 5 rings (SSSR count). The molecule has 1 aliphatic rings. The van der Waals surface area contributed by atoms with Crippen molar-refractivity contribution in [2.24, 2.45) is 5.92 Å². The van der Waals surface area contributed by atoms with Crippen LogP contribution in [-0.4, -0.2) is 43.2 Å². The lowest BCUT2D eigenvalue weighted by Crippen LogP contribution is -2.21. The summed E-state index contributed by atoms with van der Waals surface area (Å²) in [5, 5.41) is 0.985. The van der Waals surface area contributed by atoms with Crippen LogP contribution in [0.4, 0.5) is 0 Å². The van der Waals surface area contributed by atoms with Crippen molar-refractivity contribution < 1.29 is 22.6 Å². The van der Waals surface area contributed by atoms with Crippen LogP contribution in [0.25, 0.3) is 11.0 Å². The summed E-state index contributed by atoms with van der Waals surface area (Å²) >= 11 is 6.34. The monoisotopic (exact) mass is 499 g/mol. The van der Waals surface area contributed by atoms with E-state index in [1.165, 1.54) is 24.5 Å². The lowest BCUT2D eigenvalue weighted by Gasteiger charge is -2.22. The Balaban J connectivity index is 1.38. The average molecular weight is 500 g/mol. The Morgan fingerprint density at radius 2 is 1.91 bits per heavy atom. The van der Waals surface area contributed by atoms with Crippen molar-refractivity contribution in [2.45, 2.75) is 22.6 Å². The highest BCUT2D eigenvalue weighted by molar-refractivity contribution is 7.91. The lowest BCUT2D eigenvalue weighted by atomic mass is 10.0. The van der Waals surface area contributed by atoms with Crippen molar-refractivity contribution in [2.75, 3.05) is 19.8 Å². The number of fused-ring (bicyclic) bond motifs is 1. The maximum atomic E-state index is 13.4. The van der Waals surface area contributed by atoms with Gasteiger partial charge >= 0.3 is 0 Å². The van der Waals surface area contributed by atoms with Crippen LogP contribution in [0.15, 0.2) is 70.8 Å². The Labute approximate surface area is 201 Å². The van der Waals surface area contributed by atoms with Crippen LogP contribution in [0, 0.1) is 5.92 Å². The molecule has 1 fully saturated rings. The van der Waals surface area contributed by atoms with Gasteiger partial charge < -0.3 is 19.2 Å². The maximum absolute atomic E-state index is 13.4. The van der Waals surface area contributed by atoms with Crippen molar-refractivity contribution in [1.29, 1.82) is 0 Å². The second-order valence-corrected chi connectivity index (χ2v) is 10.3. The van der Waals surface area contributed by atoms with Crippen molar-refractivity contribution in [3.05, 3.63) is 66.1 Å². The first-order valence-corrected chi connectivity index (χ1v) is 12.7. The van der Waals surface area contributed by atoms with Crippen molar-refractivity contribution in [3.63, 3.8) is 0 Å². The van der Waals surface area contributed by atoms with E-state index in [1.54, 1.807) is 30.5 Å². The number of sulfone groups is 1. The molecule has 0 aliphatic carbocycles. The summed E-state index contributed by atoms with van der Waals surface area (Å²) < 4.78 is 43.9. The zero-order valence-electron chi connectivity index (χ0n) is 18.1. The summed E-state index contributed by atoms with van der Waals surface area (Å²) in [6.07, 6.45) is 6.38. The molecule has 1 N–H and O–H groups in total. The molecule has 3 aromatic heterocycles. The summed E-state index contributed by atoms with van der Waals surface area (Å²) in [5.41, 5.74) is 0.716. The van der Waals surface area contributed by atoms with E-state index < -0.39 is 9.84 Å². The van der Waals surface area contributed by atoms with E-state index in [0.717, 1.165) is 18.2 Å². The van der Waals surface area contributed by atoms with Gasteiger partial charge in [-0.25, -0.2) is 18.4 Å². The van der Waals surface area contributed by atoms with Gasteiger partial charge in [-0.15, -0.1) is 0 Å². The molecule has 34 heavy (non-hydrogen) atoms. The summed E-state index contributed by atoms with van der Waals surface area (Å²) in [4.78, 5) is 11.4. The third kappa shape index (κ3) is 4.72. The van der Waals surface area contributed by atoms with Gasteiger partial charge in [-0.05, 0) is 49.1 Å². The van der Waals surface area contributed by atoms with Crippen LogP contribution in [0.5, 0.6) is 17.4 Å². The molecule has 4 aromatic rings. The number of ether oxygens (including phenoxy) is 3. The molecule has 0 radical (unpaired) electrons. The van der Waals surface area contributed by atoms with E-state index in [4.69, 9.17) is 25.8 Å². The Morgan fingerprint density at radius 1 is 1.09 bits per heavy atom. The quantitative estimate of drug-likeness (QED) is 0.380. The number of hydrogen-bond acceptors (Lipinski definition) is 7. The molecular formula is C24H22ClN3O5S. The van der Waals surface area contributed by atoms with Gasteiger partial charge in [0.2, 0.25) is 15.7 Å². The van der Waals surface area contributed by atoms with Gasteiger partial charge in [0.25, 0.3) is 0 Å². The number of aromatic nitrogens is 3. The number of nitrogens with one attached hydrogen (secondary N) is 1. The number of aromatic amines is 1. The first kappa shape index (κ1) is 22.6. The maximum Gasteiger partial charge on any atom is 0.232 e. The minimum atomic E-state index is -3.97. The van der Waals surface area contributed by atoms with E-state index in [-0.39, 0.29) is 26.4 Å². The van der Waals surface area contributed by atoms with Crippen LogP contribution in [0.2, 0.25) is 5.02 Å². The fourth-order valence-corrected chi connectivity index (χ4v) is 5.39. The minimum Gasteiger partial charge on any atom is -0.476 e. The predicted octanol–water partition coefficient (Wildman–Crippen LogP) is 5.04. The predicted molar refractivity (Wildman–Crippen MR) is 126 cm³/mol. The Kier molecular flexibility index (Phi) is 6.40. The summed E-state index contributed by atoms with van der Waals surface area (Å²) in [7, 11) is -3.97. The largest absolute Gasteiger partial charge is 0.476 e. The topological polar surface area (TPSA) is 103 Å². The molecule has 10 heteroatoms. The van der Waals surface area contributed by atoms with Crippen LogP contribution in [0.1, 0.15) is 12.8 Å². The van der Waals surface area contributed by atoms with E-state index in [9.17, 15) is 8.42 Å². The highest BCUT2D eigenvalue weighted by Gasteiger charge is 2.25. The van der Waals surface area contributed by atoms with E-state index in [1.807, 2.05) is 6.07 Å². The van der Waals surface area contributed by atoms with Gasteiger partial charge in [0.05, 0.1) is 23.9 Å². The van der Waals surface area contributed by atoms with Crippen LogP contribution in [0.3, 0.4) is 0 Å². The number of hydrogen-bond donors (Lipinski definition) is 1. The summed E-state index contributed by atoms with van der Waals surface area (Å²) in [5.74, 6) is 1.17. The molecule has 4 heterocycles. The van der Waals surface area contributed by atoms with Crippen LogP contribution >= 0.6 is 11.6 Å². The van der Waals surface area contributed by atoms with E-state index in [0.29, 0.717) is 37.1 Å². The Morgan fingerprint density at radius 3 is 2.74 bits per heavy atom. The fourth-order valence-electron chi connectivity index (χ4n) is 3.76. The zero-order valence-corrected chi connectivity index (χ0v) is 19.7. The number of pyridine rings is 2. The third-order valence-corrected chi connectivity index (χ3v) is 7.66. The molecule has 0 spiro atoms. The van der Waals surface area contributed by atoms with E-state index >= 15 is 0 Å². The normalized spacial score (nSPS) is 14.9. The number of halogens is 1. The molecule has 1 aliphatic heterocycles. The van der Waals surface area contributed by atoms with Gasteiger partial charge in [0.1, 0.15) is 27.1 Å². The van der Waals surface area contributed by atoms with Crippen molar-refractivity contribution in [3.8, 4) is 17.4 Å². The number of benzene rings is 1. The molecular weight excluding hydrogens is 478 g/mol. The third-order valence-electron chi connectivity index (χ3n) is 5.63. The SMILES string of the molecule is O=S(=O)(c1cnc(OCC2CCOCC2)c(Cl)c1)c1ccccc1Oc1cnc2[nH]ccc2c1. The van der Waals surface area contributed by atoms with Gasteiger partial charge in [-0.2, -0.15) is 0 Å². The Hall–Kier alpha value is -3.14. The second kappa shape index (κ2) is 9.61. The molecule has 176 valence electrons. The molecule has 1 aromatic carbocycles. The van der Waals surface area contributed by atoms with Gasteiger partial charge in [0, 0.05) is 24.8 Å². The molecule has 0 amide bonds. The van der Waals surface area contributed by atoms with Gasteiger partial charge in [-0.3, -0.25) is 0 Å². The second-order valence-electron chi connectivity index (χ2n) is 7.96. The van der Waals surface area contributed by atoms with Crippen molar-refractivity contribution in [1.82, 2.24) is 15.0 Å². The van der Waals surface area contributed by atoms with Crippen LogP contribution in [-0.2, 0) is 14.6 Å². The average Bonchev–Trinajstić information content (AvgIpc) is 3.32. The van der Waals surface area contributed by atoms with Crippen LogP contribution < -0.4 is 9.47 Å². The molecule has 0 bridgehead atoms. The summed E-state index contributed by atoms with van der Waals surface area (Å²) in [6, 6.07) is 11.4. The number of rotatable bonds is 7. The molecule has 0 unspecified atom stereocenters. The zero-order chi connectivity index (χ0) is 23.5. The Bertz CT molecular complexity index is 1420. The molecule has 0 saturated carbocycles. The number of H-pyrrole nitrogens is 1. The first-order chi connectivity index (χ1) is 16.5. The number of para-hydroxylation sites is 1. The highest BCUT2D eigenvalue weighted by Crippen LogP contribution is 2.35. The number of nitrogens with zero attached hydrogens (tertiary/aromatic N) is 2. The molecule has 1 saturated heterocycles. The smallest absolute Gasteiger partial charge is 0.232 e. The first-order valence-electron chi connectivity index (χ1n) is 10.8. The van der Waals surface area contributed by atoms with Gasteiger partial charge in [0.15, 0.2) is 0 Å². The molecule has 8 nitrogen and oxygen atoms in total. The van der Waals surface area contributed by atoms with Gasteiger partial charge in [-0.1, -0.05) is 23.7 Å². The summed E-state index contributed by atoms with van der Waals surface area (Å²) in [6.45, 7) is 1.88. The fraction of sp³-hybridized carbons (Fsp3) is 0.250. The van der Waals surface area contributed by atoms with Crippen molar-refractivity contribution >= 4 is 32.5 Å². The minimum absolute atomic E-state index is 0.00194. The highest BCUT2D eigenvalue weighted by atomic mass is 35.5. The lowest BCUT2D eigenvalue weighted by molar-refractivity contribution is 0.0490.